The molecule has 0 spiro atoms. The van der Waals surface area contributed by atoms with Crippen LogP contribution in [0.3, 0.4) is 0 Å². The van der Waals surface area contributed by atoms with E-state index in [1.807, 2.05) is 36.4 Å². The molecule has 0 saturated carbocycles. The van der Waals surface area contributed by atoms with Crippen molar-refractivity contribution in [3.63, 3.8) is 0 Å². The van der Waals surface area contributed by atoms with Crippen LogP contribution in [-0.2, 0) is 18.6 Å². The summed E-state index contributed by atoms with van der Waals surface area (Å²) in [5.41, 5.74) is 9.26. The maximum atomic E-state index is 13.7. The number of halogens is 1. The molecule has 42 heavy (non-hydrogen) atoms. The number of carboxylic acid groups (broad SMARTS) is 1. The summed E-state index contributed by atoms with van der Waals surface area (Å²) in [6, 6.07) is 19.0. The number of aliphatic hydroxyl groups is 1. The van der Waals surface area contributed by atoms with Gasteiger partial charge < -0.3 is 30.9 Å². The van der Waals surface area contributed by atoms with Crippen molar-refractivity contribution in [2.75, 3.05) is 26.7 Å². The van der Waals surface area contributed by atoms with Crippen LogP contribution in [0.4, 0.5) is 4.79 Å². The molecule has 1 saturated heterocycles. The smallest absolute Gasteiger partial charge is 0.404 e. The summed E-state index contributed by atoms with van der Waals surface area (Å²) in [6.07, 6.45) is 1.86. The van der Waals surface area contributed by atoms with E-state index in [-0.39, 0.29) is 18.4 Å². The maximum absolute atomic E-state index is 13.7. The lowest BCUT2D eigenvalue weighted by Crippen LogP contribution is -2.48. The first kappa shape index (κ1) is 31.3. The fourth-order valence-electron chi connectivity index (χ4n) is 6.02. The molecule has 1 aliphatic rings. The monoisotopic (exact) mass is 593 g/mol. The Bertz CT molecular complexity index is 1410. The minimum atomic E-state index is -1.37. The van der Waals surface area contributed by atoms with Gasteiger partial charge in [-0.1, -0.05) is 61.0 Å². The highest BCUT2D eigenvalue weighted by atomic mass is 35.5. The van der Waals surface area contributed by atoms with Crippen molar-refractivity contribution < 1.29 is 24.5 Å². The number of carbonyl (C=O) groups is 2. The zero-order valence-electron chi connectivity index (χ0n) is 24.2. The first-order valence-electron chi connectivity index (χ1n) is 14.5. The van der Waals surface area contributed by atoms with Crippen molar-refractivity contribution in [3.05, 3.63) is 87.9 Å². The van der Waals surface area contributed by atoms with Gasteiger partial charge >= 0.3 is 6.09 Å². The Kier molecular flexibility index (Phi) is 10.5. The van der Waals surface area contributed by atoms with Crippen LogP contribution in [-0.4, -0.2) is 53.9 Å². The molecule has 0 aromatic heterocycles. The van der Waals surface area contributed by atoms with E-state index in [1.165, 1.54) is 0 Å². The highest BCUT2D eigenvalue weighted by molar-refractivity contribution is 6.33. The summed E-state index contributed by atoms with van der Waals surface area (Å²) < 4.78 is 5.45. The van der Waals surface area contributed by atoms with Crippen LogP contribution in [0.15, 0.2) is 60.7 Å². The minimum absolute atomic E-state index is 0.140. The van der Waals surface area contributed by atoms with Gasteiger partial charge in [-0.05, 0) is 67.0 Å². The predicted octanol–water partition coefficient (Wildman–Crippen LogP) is 5.82. The lowest BCUT2D eigenvalue weighted by molar-refractivity contribution is -0.0563. The van der Waals surface area contributed by atoms with Crippen LogP contribution >= 0.6 is 11.6 Å². The van der Waals surface area contributed by atoms with Crippen LogP contribution in [0.5, 0.6) is 5.75 Å². The molecule has 2 amide bonds. The molecule has 5 N–H and O–H groups in total. The maximum Gasteiger partial charge on any atom is 0.404 e. The van der Waals surface area contributed by atoms with Gasteiger partial charge in [0, 0.05) is 53.8 Å². The Morgan fingerprint density at radius 3 is 2.67 bits per heavy atom. The number of likely N-dealkylation sites (tertiary alicyclic amines) is 1. The molecule has 4 rings (SSSR count). The van der Waals surface area contributed by atoms with E-state index in [4.69, 9.17) is 27.2 Å². The second-order valence-electron chi connectivity index (χ2n) is 10.8. The number of hydrogen-bond acceptors (Lipinski definition) is 5. The van der Waals surface area contributed by atoms with Gasteiger partial charge in [0.15, 0.2) is 0 Å². The van der Waals surface area contributed by atoms with Gasteiger partial charge in [0.1, 0.15) is 5.75 Å². The number of methoxy groups -OCH3 is 1. The van der Waals surface area contributed by atoms with Crippen molar-refractivity contribution >= 4 is 23.6 Å². The summed E-state index contributed by atoms with van der Waals surface area (Å²) in [7, 11) is 1.55. The van der Waals surface area contributed by atoms with Gasteiger partial charge in [0.25, 0.3) is 5.91 Å². The van der Waals surface area contributed by atoms with Gasteiger partial charge in [-0.15, -0.1) is 0 Å². The standard InChI is InChI=1S/C33H40ClN3O5/c1-3-22-8-4-9-23(18-22)30-27(11-5-12-28(30)34)33(41,15-7-16-36-32(39)40)26-10-6-17-37(21-26)31(38)24-13-14-25(20-35)29(19-24)42-2/h4-5,8-9,11-14,18-19,26,36,41H,3,6-7,10,15-17,20-21,35H2,1-2H3,(H,39,40). The summed E-state index contributed by atoms with van der Waals surface area (Å²) in [6.45, 7) is 3.49. The fourth-order valence-corrected chi connectivity index (χ4v) is 6.30. The van der Waals surface area contributed by atoms with Crippen molar-refractivity contribution in [3.8, 4) is 16.9 Å². The average molecular weight is 594 g/mol. The molecule has 1 heterocycles. The summed E-state index contributed by atoms with van der Waals surface area (Å²) >= 11 is 6.83. The molecular formula is C33H40ClN3O5. The fraction of sp³-hybridized carbons (Fsp3) is 0.394. The lowest BCUT2D eigenvalue weighted by Gasteiger charge is -2.44. The van der Waals surface area contributed by atoms with Gasteiger partial charge in [-0.2, -0.15) is 0 Å². The van der Waals surface area contributed by atoms with Crippen molar-refractivity contribution in [2.45, 2.75) is 51.2 Å². The molecule has 0 bridgehead atoms. The Morgan fingerprint density at radius 1 is 1.17 bits per heavy atom. The molecule has 224 valence electrons. The summed E-state index contributed by atoms with van der Waals surface area (Å²) in [4.78, 5) is 26.6. The number of rotatable bonds is 11. The Morgan fingerprint density at radius 2 is 1.95 bits per heavy atom. The molecule has 1 aliphatic heterocycles. The topological polar surface area (TPSA) is 125 Å². The number of ether oxygens (including phenoxy) is 1. The number of hydrogen-bond donors (Lipinski definition) is 4. The predicted molar refractivity (Wildman–Crippen MR) is 165 cm³/mol. The van der Waals surface area contributed by atoms with E-state index in [1.54, 1.807) is 24.1 Å². The molecular weight excluding hydrogens is 554 g/mol. The third-order valence-corrected chi connectivity index (χ3v) is 8.57. The molecule has 3 aromatic carbocycles. The van der Waals surface area contributed by atoms with Crippen LogP contribution < -0.4 is 15.8 Å². The van der Waals surface area contributed by atoms with E-state index >= 15 is 0 Å². The highest BCUT2D eigenvalue weighted by Crippen LogP contribution is 2.46. The molecule has 2 atom stereocenters. The first-order chi connectivity index (χ1) is 20.2. The largest absolute Gasteiger partial charge is 0.496 e. The van der Waals surface area contributed by atoms with Gasteiger partial charge in [-0.3, -0.25) is 4.79 Å². The molecule has 2 unspecified atom stereocenters. The number of aryl methyl sites for hydroxylation is 1. The minimum Gasteiger partial charge on any atom is -0.496 e. The van der Waals surface area contributed by atoms with Crippen LogP contribution in [0.2, 0.25) is 5.02 Å². The zero-order valence-corrected chi connectivity index (χ0v) is 25.0. The van der Waals surface area contributed by atoms with E-state index in [0.29, 0.717) is 67.2 Å². The van der Waals surface area contributed by atoms with Crippen molar-refractivity contribution in [1.29, 1.82) is 0 Å². The SMILES string of the molecule is CCc1cccc(-c2c(Cl)cccc2C(O)(CCCNC(=O)O)C2CCCN(C(=O)c3ccc(CN)c(OC)c3)C2)c1. The molecule has 3 aromatic rings. The Labute approximate surface area is 252 Å². The van der Waals surface area contributed by atoms with E-state index in [0.717, 1.165) is 28.7 Å². The molecule has 0 radical (unpaired) electrons. The number of benzene rings is 3. The first-order valence-corrected chi connectivity index (χ1v) is 14.8. The molecule has 0 aliphatic carbocycles. The third kappa shape index (κ3) is 6.89. The van der Waals surface area contributed by atoms with Crippen LogP contribution in [0.1, 0.15) is 59.7 Å². The molecule has 8 nitrogen and oxygen atoms in total. The highest BCUT2D eigenvalue weighted by Gasteiger charge is 2.43. The number of carbonyl (C=O) groups excluding carboxylic acids is 1. The van der Waals surface area contributed by atoms with E-state index in [9.17, 15) is 14.7 Å². The quantitative estimate of drug-likeness (QED) is 0.207. The van der Waals surface area contributed by atoms with Crippen molar-refractivity contribution in [2.24, 2.45) is 11.7 Å². The summed E-state index contributed by atoms with van der Waals surface area (Å²) in [5, 5.41) is 24.7. The third-order valence-electron chi connectivity index (χ3n) is 8.25. The van der Waals surface area contributed by atoms with Crippen LogP contribution in [0.25, 0.3) is 11.1 Å². The van der Waals surface area contributed by atoms with Gasteiger partial charge in [0.2, 0.25) is 0 Å². The van der Waals surface area contributed by atoms with E-state index < -0.39 is 11.7 Å². The zero-order chi connectivity index (χ0) is 30.3. The van der Waals surface area contributed by atoms with Gasteiger partial charge in [-0.25, -0.2) is 4.79 Å². The Balaban J connectivity index is 1.72. The number of nitrogens with zero attached hydrogens (tertiary/aromatic N) is 1. The molecule has 1 fully saturated rings. The number of nitrogens with two attached hydrogens (primary N) is 1. The lowest BCUT2D eigenvalue weighted by atomic mass is 9.72. The van der Waals surface area contributed by atoms with Crippen LogP contribution in [0, 0.1) is 5.92 Å². The number of amides is 2. The van der Waals surface area contributed by atoms with E-state index in [2.05, 4.69) is 24.4 Å². The molecule has 9 heteroatoms. The second kappa shape index (κ2) is 14.1. The number of nitrogens with one attached hydrogen (secondary N) is 1. The van der Waals surface area contributed by atoms with Gasteiger partial charge in [0.05, 0.1) is 12.7 Å². The average Bonchev–Trinajstić information content (AvgIpc) is 3.02. The van der Waals surface area contributed by atoms with Crippen molar-refractivity contribution in [1.82, 2.24) is 10.2 Å². The normalized spacial score (nSPS) is 16.5. The second-order valence-corrected chi connectivity index (χ2v) is 11.2. The Hall–Kier alpha value is -3.59. The number of piperidine rings is 1. The summed E-state index contributed by atoms with van der Waals surface area (Å²) in [5.74, 6) is 0.118.